The highest BCUT2D eigenvalue weighted by Crippen LogP contribution is 2.29. The summed E-state index contributed by atoms with van der Waals surface area (Å²) in [4.78, 5) is 0. The molecule has 0 aromatic heterocycles. The minimum Gasteiger partial charge on any atom is -0.317 e. The Bertz CT molecular complexity index is 393. The van der Waals surface area contributed by atoms with Crippen molar-refractivity contribution >= 4 is 0 Å². The number of likely N-dealkylation sites (N-methyl/N-ethyl adjacent to an activating group) is 1. The summed E-state index contributed by atoms with van der Waals surface area (Å²) in [5, 5.41) is 3.52. The van der Waals surface area contributed by atoms with E-state index in [1.807, 2.05) is 0 Å². The maximum Gasteiger partial charge on any atom is 0.0107 e. The van der Waals surface area contributed by atoms with Crippen LogP contribution in [-0.2, 0) is 11.8 Å². The van der Waals surface area contributed by atoms with Gasteiger partial charge in [-0.15, -0.1) is 0 Å². The lowest BCUT2D eigenvalue weighted by atomic mass is 9.86. The van der Waals surface area contributed by atoms with E-state index < -0.39 is 0 Å². The number of nitrogens with one attached hydrogen (secondary N) is 1. The van der Waals surface area contributed by atoms with Gasteiger partial charge in [-0.1, -0.05) is 70.7 Å². The van der Waals surface area contributed by atoms with E-state index in [0.717, 1.165) is 12.3 Å². The normalized spacial score (nSPS) is 18.4. The number of rotatable bonds is 5. The van der Waals surface area contributed by atoms with Gasteiger partial charge in [0, 0.05) is 6.04 Å². The first-order valence-electron chi connectivity index (χ1n) is 8.25. The molecule has 2 rings (SSSR count). The summed E-state index contributed by atoms with van der Waals surface area (Å²) in [6, 6.07) is 9.88. The fourth-order valence-corrected chi connectivity index (χ4v) is 3.38. The van der Waals surface area contributed by atoms with E-state index >= 15 is 0 Å². The van der Waals surface area contributed by atoms with Gasteiger partial charge in [0.05, 0.1) is 0 Å². The molecule has 1 aliphatic rings. The zero-order valence-corrected chi connectivity index (χ0v) is 13.7. The summed E-state index contributed by atoms with van der Waals surface area (Å²) in [5.41, 5.74) is 3.15. The second-order valence-electron chi connectivity index (χ2n) is 7.52. The average molecular weight is 273 g/mol. The van der Waals surface area contributed by atoms with Crippen LogP contribution in [0.1, 0.15) is 64.0 Å². The third-order valence-corrected chi connectivity index (χ3v) is 4.80. The standard InChI is InChI=1S/C19H31N/c1-19(2,3)17-11-9-16(10-12-17)14-18(20-4)13-15-7-5-6-8-15/h9-12,15,18,20H,5-8,13-14H2,1-4H3. The van der Waals surface area contributed by atoms with E-state index in [4.69, 9.17) is 0 Å². The van der Waals surface area contributed by atoms with E-state index in [-0.39, 0.29) is 5.41 Å². The molecule has 1 fully saturated rings. The van der Waals surface area contributed by atoms with Crippen LogP contribution in [0.5, 0.6) is 0 Å². The van der Waals surface area contributed by atoms with Crippen LogP contribution in [0.2, 0.25) is 0 Å². The highest BCUT2D eigenvalue weighted by molar-refractivity contribution is 5.28. The Morgan fingerprint density at radius 3 is 2.20 bits per heavy atom. The SMILES string of the molecule is CNC(Cc1ccc(C(C)(C)C)cc1)CC1CCCC1. The van der Waals surface area contributed by atoms with Gasteiger partial charge < -0.3 is 5.32 Å². The first kappa shape index (κ1) is 15.6. The average Bonchev–Trinajstić information content (AvgIpc) is 2.90. The number of hydrogen-bond donors (Lipinski definition) is 1. The van der Waals surface area contributed by atoms with Crippen molar-refractivity contribution in [2.45, 2.75) is 70.8 Å². The molecule has 1 N–H and O–H groups in total. The van der Waals surface area contributed by atoms with Gasteiger partial charge in [0.15, 0.2) is 0 Å². The van der Waals surface area contributed by atoms with Crippen LogP contribution in [-0.4, -0.2) is 13.1 Å². The Balaban J connectivity index is 1.93. The van der Waals surface area contributed by atoms with Crippen LogP contribution in [0, 0.1) is 5.92 Å². The first-order chi connectivity index (χ1) is 9.49. The van der Waals surface area contributed by atoms with Gasteiger partial charge in [0.1, 0.15) is 0 Å². The number of benzene rings is 1. The third kappa shape index (κ3) is 4.34. The summed E-state index contributed by atoms with van der Waals surface area (Å²) in [5.74, 6) is 0.960. The Kier molecular flexibility index (Phi) is 5.26. The monoisotopic (exact) mass is 273 g/mol. The molecule has 1 saturated carbocycles. The van der Waals surface area contributed by atoms with E-state index in [0.29, 0.717) is 6.04 Å². The number of hydrogen-bond acceptors (Lipinski definition) is 1. The molecule has 20 heavy (non-hydrogen) atoms. The van der Waals surface area contributed by atoms with Crippen molar-refractivity contribution in [1.29, 1.82) is 0 Å². The quantitative estimate of drug-likeness (QED) is 0.820. The van der Waals surface area contributed by atoms with Crippen molar-refractivity contribution in [1.82, 2.24) is 5.32 Å². The maximum absolute atomic E-state index is 3.52. The topological polar surface area (TPSA) is 12.0 Å². The summed E-state index contributed by atoms with van der Waals surface area (Å²) >= 11 is 0. The molecular weight excluding hydrogens is 242 g/mol. The van der Waals surface area contributed by atoms with Crippen LogP contribution < -0.4 is 5.32 Å². The second-order valence-corrected chi connectivity index (χ2v) is 7.52. The lowest BCUT2D eigenvalue weighted by Crippen LogP contribution is -2.29. The van der Waals surface area contributed by atoms with E-state index in [2.05, 4.69) is 57.4 Å². The van der Waals surface area contributed by atoms with Crippen molar-refractivity contribution in [3.63, 3.8) is 0 Å². The minimum atomic E-state index is 0.255. The molecule has 1 heteroatoms. The van der Waals surface area contributed by atoms with Crippen LogP contribution in [0.15, 0.2) is 24.3 Å². The predicted molar refractivity (Wildman–Crippen MR) is 88.3 cm³/mol. The van der Waals surface area contributed by atoms with Crippen molar-refractivity contribution in [2.75, 3.05) is 7.05 Å². The Morgan fingerprint density at radius 1 is 1.10 bits per heavy atom. The largest absolute Gasteiger partial charge is 0.317 e. The Labute approximate surface area is 125 Å². The molecule has 0 bridgehead atoms. The van der Waals surface area contributed by atoms with Crippen molar-refractivity contribution < 1.29 is 0 Å². The zero-order valence-electron chi connectivity index (χ0n) is 13.7. The highest BCUT2D eigenvalue weighted by Gasteiger charge is 2.19. The van der Waals surface area contributed by atoms with Crippen LogP contribution in [0.3, 0.4) is 0 Å². The smallest absolute Gasteiger partial charge is 0.0107 e. The fraction of sp³-hybridized carbons (Fsp3) is 0.684. The molecule has 0 saturated heterocycles. The molecule has 1 unspecified atom stereocenters. The zero-order chi connectivity index (χ0) is 14.6. The molecule has 0 amide bonds. The fourth-order valence-electron chi connectivity index (χ4n) is 3.38. The van der Waals surface area contributed by atoms with E-state index in [9.17, 15) is 0 Å². The lowest BCUT2D eigenvalue weighted by molar-refractivity contribution is 0.402. The first-order valence-corrected chi connectivity index (χ1v) is 8.25. The lowest BCUT2D eigenvalue weighted by Gasteiger charge is -2.22. The second kappa shape index (κ2) is 6.76. The van der Waals surface area contributed by atoms with Gasteiger partial charge in [-0.05, 0) is 42.3 Å². The highest BCUT2D eigenvalue weighted by atomic mass is 14.9. The van der Waals surface area contributed by atoms with Crippen LogP contribution in [0.25, 0.3) is 0 Å². The Morgan fingerprint density at radius 2 is 1.70 bits per heavy atom. The molecular formula is C19H31N. The van der Waals surface area contributed by atoms with Gasteiger partial charge in [-0.2, -0.15) is 0 Å². The predicted octanol–water partition coefficient (Wildman–Crippen LogP) is 4.69. The maximum atomic E-state index is 3.52. The van der Waals surface area contributed by atoms with E-state index in [1.165, 1.54) is 43.2 Å². The van der Waals surface area contributed by atoms with Gasteiger partial charge in [0.2, 0.25) is 0 Å². The molecule has 1 atom stereocenters. The van der Waals surface area contributed by atoms with Gasteiger partial charge in [-0.3, -0.25) is 0 Å². The molecule has 112 valence electrons. The van der Waals surface area contributed by atoms with Crippen molar-refractivity contribution in [3.05, 3.63) is 35.4 Å². The summed E-state index contributed by atoms with van der Waals surface area (Å²) in [6.07, 6.45) is 8.29. The molecule has 0 radical (unpaired) electrons. The van der Waals surface area contributed by atoms with Crippen molar-refractivity contribution in [2.24, 2.45) is 5.92 Å². The van der Waals surface area contributed by atoms with Gasteiger partial charge in [0.25, 0.3) is 0 Å². The van der Waals surface area contributed by atoms with Gasteiger partial charge in [-0.25, -0.2) is 0 Å². The molecule has 0 aliphatic heterocycles. The summed E-state index contributed by atoms with van der Waals surface area (Å²) in [7, 11) is 2.11. The Hall–Kier alpha value is -0.820. The minimum absolute atomic E-state index is 0.255. The summed E-state index contributed by atoms with van der Waals surface area (Å²) in [6.45, 7) is 6.83. The van der Waals surface area contributed by atoms with Crippen LogP contribution >= 0.6 is 0 Å². The van der Waals surface area contributed by atoms with Crippen molar-refractivity contribution in [3.8, 4) is 0 Å². The van der Waals surface area contributed by atoms with Gasteiger partial charge >= 0.3 is 0 Å². The van der Waals surface area contributed by atoms with E-state index in [1.54, 1.807) is 0 Å². The summed E-state index contributed by atoms with van der Waals surface area (Å²) < 4.78 is 0. The third-order valence-electron chi connectivity index (χ3n) is 4.80. The molecule has 0 spiro atoms. The molecule has 1 aromatic rings. The molecule has 0 heterocycles. The molecule has 1 aliphatic carbocycles. The molecule has 1 nitrogen and oxygen atoms in total. The molecule has 1 aromatic carbocycles. The van der Waals surface area contributed by atoms with Crippen LogP contribution in [0.4, 0.5) is 0 Å².